The van der Waals surface area contributed by atoms with Crippen LogP contribution in [0.4, 0.5) is 10.2 Å². The fourth-order valence-corrected chi connectivity index (χ4v) is 2.89. The topological polar surface area (TPSA) is 59.0 Å². The summed E-state index contributed by atoms with van der Waals surface area (Å²) in [5, 5.41) is 3.93. The van der Waals surface area contributed by atoms with Gasteiger partial charge in [0.15, 0.2) is 0 Å². The van der Waals surface area contributed by atoms with Gasteiger partial charge in [0.25, 0.3) is 5.56 Å². The molecular formula is C14H17FN4O. The van der Waals surface area contributed by atoms with Crippen molar-refractivity contribution in [1.29, 1.82) is 0 Å². The quantitative estimate of drug-likeness (QED) is 0.820. The smallest absolute Gasteiger partial charge is 0.255 e. The fraction of sp³-hybridized carbons (Fsp3) is 0.429. The van der Waals surface area contributed by atoms with E-state index in [0.717, 1.165) is 31.5 Å². The maximum atomic E-state index is 12.9. The Labute approximate surface area is 115 Å². The third-order valence-electron chi connectivity index (χ3n) is 4.02. The lowest BCUT2D eigenvalue weighted by molar-refractivity contribution is 0.456. The van der Waals surface area contributed by atoms with Gasteiger partial charge < -0.3 is 5.32 Å². The van der Waals surface area contributed by atoms with Gasteiger partial charge in [0, 0.05) is 24.2 Å². The zero-order chi connectivity index (χ0) is 14.1. The lowest BCUT2D eigenvalue weighted by Crippen LogP contribution is -2.31. The minimum Gasteiger partial charge on any atom is -0.317 e. The summed E-state index contributed by atoms with van der Waals surface area (Å²) in [5.41, 5.74) is 3.24. The summed E-state index contributed by atoms with van der Waals surface area (Å²) in [5.74, 6) is 0.229. The Bertz CT molecular complexity index is 691. The van der Waals surface area contributed by atoms with E-state index in [2.05, 4.69) is 10.3 Å². The van der Waals surface area contributed by atoms with Crippen LogP contribution in [0.5, 0.6) is 0 Å². The molecule has 3 heterocycles. The molecule has 106 valence electrons. The number of pyridine rings is 2. The molecule has 0 saturated carbocycles. The maximum absolute atomic E-state index is 12.9. The predicted molar refractivity (Wildman–Crippen MR) is 76.6 cm³/mol. The first-order valence-electron chi connectivity index (χ1n) is 6.78. The molecule has 0 spiro atoms. The van der Waals surface area contributed by atoms with Gasteiger partial charge in [-0.1, -0.05) is 0 Å². The van der Waals surface area contributed by atoms with Gasteiger partial charge in [-0.2, -0.15) is 0 Å². The summed E-state index contributed by atoms with van der Waals surface area (Å²) in [4.78, 5) is 16.7. The number of hydrogen-bond donors (Lipinski definition) is 2. The average Bonchev–Trinajstić information content (AvgIpc) is 2.51. The van der Waals surface area contributed by atoms with Gasteiger partial charge in [-0.05, 0) is 44.0 Å². The zero-order valence-corrected chi connectivity index (χ0v) is 11.3. The van der Waals surface area contributed by atoms with Crippen molar-refractivity contribution in [3.05, 3.63) is 34.2 Å². The van der Waals surface area contributed by atoms with Crippen LogP contribution in [0.15, 0.2) is 23.1 Å². The van der Waals surface area contributed by atoms with Crippen LogP contribution in [0.2, 0.25) is 0 Å². The van der Waals surface area contributed by atoms with Crippen LogP contribution in [0, 0.1) is 0 Å². The van der Waals surface area contributed by atoms with Crippen LogP contribution in [0.1, 0.15) is 24.3 Å². The van der Waals surface area contributed by atoms with Crippen LogP contribution in [-0.2, 0) is 7.05 Å². The van der Waals surface area contributed by atoms with E-state index >= 15 is 0 Å². The van der Waals surface area contributed by atoms with Crippen LogP contribution in [0.25, 0.3) is 11.0 Å². The van der Waals surface area contributed by atoms with E-state index in [4.69, 9.17) is 0 Å². The van der Waals surface area contributed by atoms with E-state index in [0.29, 0.717) is 16.7 Å². The number of halogens is 1. The van der Waals surface area contributed by atoms with Gasteiger partial charge in [0.2, 0.25) is 0 Å². The highest BCUT2D eigenvalue weighted by Gasteiger charge is 2.20. The first kappa shape index (κ1) is 13.1. The first-order chi connectivity index (χ1) is 9.72. The number of rotatable bonds is 2. The molecule has 2 N–H and O–H groups in total. The molecule has 1 fully saturated rings. The largest absolute Gasteiger partial charge is 0.317 e. The van der Waals surface area contributed by atoms with Crippen molar-refractivity contribution in [3.63, 3.8) is 0 Å². The molecule has 0 atom stereocenters. The highest BCUT2D eigenvalue weighted by atomic mass is 19.2. The Balaban J connectivity index is 2.22. The van der Waals surface area contributed by atoms with Crippen molar-refractivity contribution in [1.82, 2.24) is 14.9 Å². The summed E-state index contributed by atoms with van der Waals surface area (Å²) in [6, 6.07) is 3.36. The van der Waals surface area contributed by atoms with Crippen molar-refractivity contribution in [2.75, 3.05) is 18.6 Å². The second-order valence-corrected chi connectivity index (χ2v) is 5.18. The molecule has 1 saturated heterocycles. The number of anilines is 1. The summed E-state index contributed by atoms with van der Waals surface area (Å²) in [6.45, 7) is 1.82. The molecule has 3 rings (SSSR count). The molecule has 0 bridgehead atoms. The highest BCUT2D eigenvalue weighted by molar-refractivity contribution is 5.88. The molecule has 0 radical (unpaired) electrons. The molecule has 1 aliphatic heterocycles. The molecule has 5 nitrogen and oxygen atoms in total. The van der Waals surface area contributed by atoms with Gasteiger partial charge in [-0.15, -0.1) is 4.48 Å². The molecule has 0 aliphatic carbocycles. The fourth-order valence-electron chi connectivity index (χ4n) is 2.89. The van der Waals surface area contributed by atoms with Gasteiger partial charge >= 0.3 is 0 Å². The Morgan fingerprint density at radius 3 is 2.90 bits per heavy atom. The highest BCUT2D eigenvalue weighted by Crippen LogP contribution is 2.27. The number of nitrogens with one attached hydrogen (secondary N) is 2. The number of aromatic nitrogens is 2. The van der Waals surface area contributed by atoms with Crippen molar-refractivity contribution >= 4 is 16.7 Å². The minimum absolute atomic E-state index is 0.0343. The molecule has 0 amide bonds. The summed E-state index contributed by atoms with van der Waals surface area (Å²) in [6.07, 6.45) is 3.35. The Hall–Kier alpha value is -1.95. The Kier molecular flexibility index (Phi) is 3.40. The van der Waals surface area contributed by atoms with Crippen molar-refractivity contribution in [2.24, 2.45) is 7.05 Å². The van der Waals surface area contributed by atoms with E-state index in [-0.39, 0.29) is 11.5 Å². The standard InChI is InChI=1S/C14H17FN4O/c1-19-13-11(12(18-15)4-7-17-13)8-10(14(19)20)9-2-5-16-6-3-9/h4,7-9,16H,2-3,5-6H2,1H3,(H,17,18). The van der Waals surface area contributed by atoms with Crippen LogP contribution < -0.4 is 16.4 Å². The second kappa shape index (κ2) is 5.20. The van der Waals surface area contributed by atoms with Gasteiger partial charge in [-0.3, -0.25) is 9.36 Å². The van der Waals surface area contributed by atoms with E-state index in [1.54, 1.807) is 24.7 Å². The molecule has 2 aromatic heterocycles. The second-order valence-electron chi connectivity index (χ2n) is 5.18. The van der Waals surface area contributed by atoms with Crippen LogP contribution in [-0.4, -0.2) is 22.6 Å². The number of fused-ring (bicyclic) bond motifs is 1. The van der Waals surface area contributed by atoms with E-state index < -0.39 is 0 Å². The van der Waals surface area contributed by atoms with Crippen molar-refractivity contribution < 1.29 is 4.48 Å². The molecule has 20 heavy (non-hydrogen) atoms. The number of aryl methyl sites for hydroxylation is 1. The number of piperidine rings is 1. The minimum atomic E-state index is -0.0343. The van der Waals surface area contributed by atoms with Gasteiger partial charge in [0.05, 0.1) is 5.69 Å². The van der Waals surface area contributed by atoms with Crippen molar-refractivity contribution in [3.8, 4) is 0 Å². The number of nitrogens with zero attached hydrogens (tertiary/aromatic N) is 2. The van der Waals surface area contributed by atoms with Crippen LogP contribution in [0.3, 0.4) is 0 Å². The lowest BCUT2D eigenvalue weighted by atomic mass is 9.90. The van der Waals surface area contributed by atoms with E-state index in [1.165, 1.54) is 10.8 Å². The predicted octanol–water partition coefficient (Wildman–Crippen LogP) is 1.70. The molecular weight excluding hydrogens is 259 g/mol. The summed E-state index contributed by atoms with van der Waals surface area (Å²) >= 11 is 0. The Morgan fingerprint density at radius 2 is 2.20 bits per heavy atom. The van der Waals surface area contributed by atoms with Crippen LogP contribution >= 0.6 is 0 Å². The maximum Gasteiger partial charge on any atom is 0.255 e. The third-order valence-corrected chi connectivity index (χ3v) is 4.02. The molecule has 6 heteroatoms. The average molecular weight is 276 g/mol. The normalized spacial score (nSPS) is 16.5. The number of hydrogen-bond acceptors (Lipinski definition) is 4. The molecule has 1 aliphatic rings. The van der Waals surface area contributed by atoms with E-state index in [9.17, 15) is 9.28 Å². The monoisotopic (exact) mass is 276 g/mol. The molecule has 2 aromatic rings. The Morgan fingerprint density at radius 1 is 1.45 bits per heavy atom. The summed E-state index contributed by atoms with van der Waals surface area (Å²) in [7, 11) is 1.68. The third kappa shape index (κ3) is 2.06. The summed E-state index contributed by atoms with van der Waals surface area (Å²) < 4.78 is 14.4. The molecule has 0 aromatic carbocycles. The van der Waals surface area contributed by atoms with Crippen molar-refractivity contribution in [2.45, 2.75) is 18.8 Å². The van der Waals surface area contributed by atoms with Gasteiger partial charge in [0.1, 0.15) is 5.65 Å². The lowest BCUT2D eigenvalue weighted by Gasteiger charge is -2.23. The van der Waals surface area contributed by atoms with Gasteiger partial charge in [-0.25, -0.2) is 10.5 Å². The zero-order valence-electron chi connectivity index (χ0n) is 11.3. The SMILES string of the molecule is Cn1c(=O)c(C2CCNCC2)cc2c(NF)ccnc21. The molecule has 0 unspecified atom stereocenters. The van der Waals surface area contributed by atoms with E-state index in [1.807, 2.05) is 0 Å². The first-order valence-corrected chi connectivity index (χ1v) is 6.78.